The second-order valence-corrected chi connectivity index (χ2v) is 10.9. The first-order valence-electron chi connectivity index (χ1n) is 13.8. The number of nitrogens with zero attached hydrogens (tertiary/aromatic N) is 6. The molecule has 210 valence electrons. The summed E-state index contributed by atoms with van der Waals surface area (Å²) in [6, 6.07) is 7.56. The maximum atomic E-state index is 13.0. The lowest BCUT2D eigenvalue weighted by molar-refractivity contribution is -0.123. The predicted molar refractivity (Wildman–Crippen MR) is 159 cm³/mol. The van der Waals surface area contributed by atoms with E-state index in [-0.39, 0.29) is 18.0 Å². The molecule has 2 atom stereocenters. The molecule has 3 N–H and O–H groups in total. The highest BCUT2D eigenvalue weighted by Crippen LogP contribution is 2.36. The highest BCUT2D eigenvalue weighted by molar-refractivity contribution is 7.13. The number of nitrogens with two attached hydrogens (primary N) is 1. The lowest BCUT2D eigenvalue weighted by atomic mass is 9.93. The monoisotopic (exact) mass is 560 g/mol. The number of primary amides is 1. The molecule has 0 radical (unpaired) electrons. The number of nitrogens with one attached hydrogen (secondary N) is 1. The second-order valence-electron chi connectivity index (χ2n) is 9.94. The number of aromatic nitrogens is 4. The Morgan fingerprint density at radius 1 is 1.20 bits per heavy atom. The Labute approximate surface area is 238 Å². The van der Waals surface area contributed by atoms with E-state index in [9.17, 15) is 9.59 Å². The van der Waals surface area contributed by atoms with Crippen LogP contribution in [0.1, 0.15) is 49.5 Å². The Bertz CT molecular complexity index is 1510. The summed E-state index contributed by atoms with van der Waals surface area (Å²) in [5, 5.41) is 9.29. The number of pyridine rings is 1. The van der Waals surface area contributed by atoms with Crippen molar-refractivity contribution in [1.29, 1.82) is 0 Å². The number of hydrogen-bond acceptors (Lipinski definition) is 8. The van der Waals surface area contributed by atoms with Gasteiger partial charge in [-0.25, -0.2) is 14.5 Å². The number of fused-ring (bicyclic) bond motifs is 1. The van der Waals surface area contributed by atoms with Gasteiger partial charge in [0.1, 0.15) is 11.9 Å². The van der Waals surface area contributed by atoms with E-state index < -0.39 is 5.91 Å². The average Bonchev–Trinajstić information content (AvgIpc) is 3.63. The van der Waals surface area contributed by atoms with Crippen molar-refractivity contribution in [2.45, 2.75) is 52.1 Å². The largest absolute Gasteiger partial charge is 0.366 e. The van der Waals surface area contributed by atoms with Crippen molar-refractivity contribution in [3.63, 3.8) is 0 Å². The van der Waals surface area contributed by atoms with E-state index in [1.165, 1.54) is 0 Å². The summed E-state index contributed by atoms with van der Waals surface area (Å²) in [4.78, 5) is 41.2. The molecule has 0 aliphatic carbocycles. The summed E-state index contributed by atoms with van der Waals surface area (Å²) in [5.41, 5.74) is 9.95. The number of amides is 2. The zero-order valence-electron chi connectivity index (χ0n) is 23.4. The molecular weight excluding hydrogens is 524 g/mol. The van der Waals surface area contributed by atoms with Crippen LogP contribution in [0.15, 0.2) is 42.0 Å². The molecule has 1 aliphatic heterocycles. The number of hydrogen-bond donors (Lipinski definition) is 2. The minimum Gasteiger partial charge on any atom is -0.366 e. The predicted octanol–water partition coefficient (Wildman–Crippen LogP) is 3.61. The molecule has 2 amide bonds. The third-order valence-electron chi connectivity index (χ3n) is 7.87. The lowest BCUT2D eigenvalue weighted by Gasteiger charge is -2.42. The van der Waals surface area contributed by atoms with E-state index in [2.05, 4.69) is 36.1 Å². The number of anilines is 1. The number of likely N-dealkylation sites (N-methyl/N-ethyl adjacent to an activating group) is 2. The second kappa shape index (κ2) is 11.7. The summed E-state index contributed by atoms with van der Waals surface area (Å²) in [7, 11) is 1.64. The van der Waals surface area contributed by atoms with E-state index >= 15 is 0 Å². The molecule has 0 aromatic carbocycles. The van der Waals surface area contributed by atoms with Crippen LogP contribution in [0, 0.1) is 0 Å². The smallest absolute Gasteiger partial charge is 0.249 e. The lowest BCUT2D eigenvalue weighted by Crippen LogP contribution is -2.56. The van der Waals surface area contributed by atoms with Gasteiger partial charge in [0.25, 0.3) is 0 Å². The van der Waals surface area contributed by atoms with Crippen molar-refractivity contribution >= 4 is 34.6 Å². The first-order chi connectivity index (χ1) is 19.4. The van der Waals surface area contributed by atoms with E-state index in [1.54, 1.807) is 35.2 Å². The fourth-order valence-electron chi connectivity index (χ4n) is 5.55. The van der Waals surface area contributed by atoms with Crippen molar-refractivity contribution in [1.82, 2.24) is 29.8 Å². The quantitative estimate of drug-likeness (QED) is 0.287. The van der Waals surface area contributed by atoms with E-state index in [1.807, 2.05) is 34.7 Å². The number of rotatable bonds is 11. The van der Waals surface area contributed by atoms with Crippen LogP contribution in [0.2, 0.25) is 0 Å². The van der Waals surface area contributed by atoms with Crippen LogP contribution in [0.5, 0.6) is 0 Å². The Morgan fingerprint density at radius 3 is 2.60 bits per heavy atom. The maximum absolute atomic E-state index is 13.0. The topological polar surface area (TPSA) is 122 Å². The fourth-order valence-corrected chi connectivity index (χ4v) is 6.25. The first kappa shape index (κ1) is 27.7. The molecule has 1 aliphatic rings. The van der Waals surface area contributed by atoms with E-state index in [4.69, 9.17) is 15.7 Å². The summed E-state index contributed by atoms with van der Waals surface area (Å²) in [6.07, 6.45) is 5.81. The molecule has 4 aromatic rings. The van der Waals surface area contributed by atoms with Crippen molar-refractivity contribution in [3.8, 4) is 21.8 Å². The fraction of sp³-hybridized carbons (Fsp3) is 0.414. The highest BCUT2D eigenvalue weighted by Gasteiger charge is 2.37. The zero-order chi connectivity index (χ0) is 28.4. The van der Waals surface area contributed by atoms with Crippen molar-refractivity contribution < 1.29 is 9.59 Å². The Kier molecular flexibility index (Phi) is 8.13. The third kappa shape index (κ3) is 5.06. The highest BCUT2D eigenvalue weighted by atomic mass is 32.1. The van der Waals surface area contributed by atoms with Crippen molar-refractivity contribution in [2.24, 2.45) is 5.73 Å². The van der Waals surface area contributed by atoms with Crippen LogP contribution in [-0.2, 0) is 11.2 Å². The van der Waals surface area contributed by atoms with Gasteiger partial charge in [0.2, 0.25) is 11.8 Å². The van der Waals surface area contributed by atoms with Gasteiger partial charge in [-0.1, -0.05) is 26.8 Å². The summed E-state index contributed by atoms with van der Waals surface area (Å²) < 4.78 is 1.70. The van der Waals surface area contributed by atoms with Gasteiger partial charge in [0.15, 0.2) is 5.65 Å². The molecule has 1 fully saturated rings. The summed E-state index contributed by atoms with van der Waals surface area (Å²) in [6.45, 7) is 8.89. The van der Waals surface area contributed by atoms with Gasteiger partial charge < -0.3 is 20.9 Å². The van der Waals surface area contributed by atoms with Gasteiger partial charge >= 0.3 is 0 Å². The van der Waals surface area contributed by atoms with Gasteiger partial charge in [-0.3, -0.25) is 9.59 Å². The molecule has 0 saturated carbocycles. The number of carbonyl (C=O) groups is 2. The Balaban J connectivity index is 1.68. The molecule has 5 heterocycles. The van der Waals surface area contributed by atoms with Gasteiger partial charge in [-0.05, 0) is 55.9 Å². The van der Waals surface area contributed by atoms with Gasteiger partial charge in [-0.2, -0.15) is 5.10 Å². The molecule has 0 unspecified atom stereocenters. The van der Waals surface area contributed by atoms with Crippen LogP contribution < -0.4 is 16.0 Å². The van der Waals surface area contributed by atoms with Crippen LogP contribution in [0.4, 0.5) is 5.82 Å². The van der Waals surface area contributed by atoms with Gasteiger partial charge in [0.05, 0.1) is 28.0 Å². The summed E-state index contributed by atoms with van der Waals surface area (Å²) >= 11 is 1.62. The minimum absolute atomic E-state index is 0.0703. The molecule has 5 rings (SSSR count). The van der Waals surface area contributed by atoms with Gasteiger partial charge in [0, 0.05) is 37.0 Å². The molecule has 10 nitrogen and oxygen atoms in total. The van der Waals surface area contributed by atoms with Gasteiger partial charge in [-0.15, -0.1) is 11.3 Å². The molecule has 40 heavy (non-hydrogen) atoms. The van der Waals surface area contributed by atoms with Crippen LogP contribution in [0.25, 0.3) is 27.5 Å². The van der Waals surface area contributed by atoms with E-state index in [0.717, 1.165) is 35.6 Å². The SMILES string of the molecule is CC[C@@H](Cc1c(C(N)=O)cc(-c2cnn3ccc(-c4cccs4)nc23)nc1N1CC[C@H]1C(=O)NC)N(CC)CC. The zero-order valence-corrected chi connectivity index (χ0v) is 24.2. The molecule has 0 bridgehead atoms. The number of carbonyl (C=O) groups excluding carboxylic acids is 2. The molecule has 4 aromatic heterocycles. The van der Waals surface area contributed by atoms with E-state index in [0.29, 0.717) is 47.7 Å². The Hall–Kier alpha value is -3.83. The number of thiophene rings is 1. The molecule has 11 heteroatoms. The molecular formula is C29H36N8O2S. The van der Waals surface area contributed by atoms with Crippen molar-refractivity contribution in [2.75, 3.05) is 31.6 Å². The van der Waals surface area contributed by atoms with Crippen LogP contribution >= 0.6 is 11.3 Å². The summed E-state index contributed by atoms with van der Waals surface area (Å²) in [5.74, 6) is 0.0413. The molecule has 0 spiro atoms. The van der Waals surface area contributed by atoms with Crippen LogP contribution in [-0.4, -0.2) is 75.1 Å². The maximum Gasteiger partial charge on any atom is 0.249 e. The normalized spacial score (nSPS) is 15.8. The standard InChI is InChI=1S/C29H36N8O2S/c1-5-18(35(6-2)7-3)15-20-19(26(30)38)16-23(34-27(20)36-12-11-24(36)29(39)31-4)21-17-32-37-13-10-22(33-28(21)37)25-9-8-14-40-25/h8-10,13-14,16-18,24H,5-7,11-12,15H2,1-4H3,(H2,30,38)(H,31,39)/t18-,24-/m0/s1. The Morgan fingerprint density at radius 2 is 2.00 bits per heavy atom. The van der Waals surface area contributed by atoms with Crippen LogP contribution in [0.3, 0.4) is 0 Å². The first-order valence-corrected chi connectivity index (χ1v) is 14.7. The molecule has 1 saturated heterocycles. The third-order valence-corrected chi connectivity index (χ3v) is 8.76. The minimum atomic E-state index is -0.518. The average molecular weight is 561 g/mol. The van der Waals surface area contributed by atoms with Crippen molar-refractivity contribution in [3.05, 3.63) is 53.2 Å².